The summed E-state index contributed by atoms with van der Waals surface area (Å²) in [6, 6.07) is 9.96. The van der Waals surface area contributed by atoms with Crippen molar-refractivity contribution in [3.63, 3.8) is 0 Å². The Kier molecular flexibility index (Phi) is 8.29. The Labute approximate surface area is 175 Å². The van der Waals surface area contributed by atoms with Crippen LogP contribution >= 0.6 is 0 Å². The Balaban J connectivity index is 2.03. The maximum absolute atomic E-state index is 13.5. The van der Waals surface area contributed by atoms with Gasteiger partial charge in [0.05, 0.1) is 30.9 Å². The molecule has 4 N–H and O–H groups in total. The summed E-state index contributed by atoms with van der Waals surface area (Å²) in [4.78, 5) is 0. The average molecular weight is 425 g/mol. The highest BCUT2D eigenvalue weighted by Gasteiger charge is 2.35. The maximum atomic E-state index is 13.5. The molecule has 0 heterocycles. The fourth-order valence-electron chi connectivity index (χ4n) is 3.21. The fourth-order valence-corrected chi connectivity index (χ4v) is 3.21. The second kappa shape index (κ2) is 10.3. The van der Waals surface area contributed by atoms with Crippen molar-refractivity contribution in [3.05, 3.63) is 64.2 Å². The quantitative estimate of drug-likeness (QED) is 0.504. The van der Waals surface area contributed by atoms with Gasteiger partial charge in [0.25, 0.3) is 0 Å². The number of aliphatic hydroxyl groups is 2. The van der Waals surface area contributed by atoms with Crippen LogP contribution in [0.1, 0.15) is 40.7 Å². The minimum absolute atomic E-state index is 0.160. The summed E-state index contributed by atoms with van der Waals surface area (Å²) in [6.07, 6.45) is -2.85. The first-order valence-corrected chi connectivity index (χ1v) is 9.98. The molecule has 0 bridgehead atoms. The predicted molar refractivity (Wildman–Crippen MR) is 111 cm³/mol. The number of hydrogen-bond donors (Lipinski definition) is 3. The van der Waals surface area contributed by atoms with E-state index in [4.69, 9.17) is 10.5 Å². The largest absolute Gasteiger partial charge is 0.493 e. The molecule has 166 valence electrons. The van der Waals surface area contributed by atoms with Gasteiger partial charge in [-0.2, -0.15) is 13.2 Å². The van der Waals surface area contributed by atoms with Crippen molar-refractivity contribution in [2.45, 2.75) is 51.2 Å². The summed E-state index contributed by atoms with van der Waals surface area (Å²) < 4.78 is 46.0. The van der Waals surface area contributed by atoms with E-state index in [1.165, 1.54) is 22.8 Å². The second-order valence-electron chi connectivity index (χ2n) is 7.82. The standard InChI is InChI=1S/C23H30F3NO3/c1-16-5-3-6-19(17(16)2)7-4-12-30-21-9-8-18(13-20(21)23(24,25)26)10-11-22(27,14-28)15-29/h3,5-6,8-9,13,28-29H,4,7,10-12,14-15,27H2,1-2H3. The molecule has 0 radical (unpaired) electrons. The van der Waals surface area contributed by atoms with Crippen LogP contribution in [0.3, 0.4) is 0 Å². The molecular weight excluding hydrogens is 395 g/mol. The highest BCUT2D eigenvalue weighted by atomic mass is 19.4. The van der Waals surface area contributed by atoms with Gasteiger partial charge in [0.2, 0.25) is 0 Å². The Morgan fingerprint density at radius 1 is 1.00 bits per heavy atom. The zero-order valence-electron chi connectivity index (χ0n) is 17.4. The van der Waals surface area contributed by atoms with Crippen LogP contribution in [-0.4, -0.2) is 35.6 Å². The van der Waals surface area contributed by atoms with E-state index in [-0.39, 0.29) is 25.2 Å². The first-order chi connectivity index (χ1) is 14.1. The minimum atomic E-state index is -4.55. The zero-order valence-corrected chi connectivity index (χ0v) is 17.4. The molecule has 0 saturated heterocycles. The van der Waals surface area contributed by atoms with E-state index >= 15 is 0 Å². The zero-order chi connectivity index (χ0) is 22.4. The lowest BCUT2D eigenvalue weighted by molar-refractivity contribution is -0.139. The summed E-state index contributed by atoms with van der Waals surface area (Å²) in [5.74, 6) is -0.199. The first-order valence-electron chi connectivity index (χ1n) is 9.98. The predicted octanol–water partition coefficient (Wildman–Crippen LogP) is 3.95. The van der Waals surface area contributed by atoms with E-state index in [1.807, 2.05) is 32.0 Å². The van der Waals surface area contributed by atoms with Crippen molar-refractivity contribution in [3.8, 4) is 5.75 Å². The molecule has 0 aliphatic heterocycles. The molecule has 0 aliphatic rings. The number of alkyl halides is 3. The van der Waals surface area contributed by atoms with Gasteiger partial charge in [0, 0.05) is 0 Å². The van der Waals surface area contributed by atoms with E-state index in [0.717, 1.165) is 12.5 Å². The number of rotatable bonds is 10. The molecule has 0 aromatic heterocycles. The number of aliphatic hydroxyl groups excluding tert-OH is 2. The third kappa shape index (κ3) is 6.45. The highest BCUT2D eigenvalue weighted by molar-refractivity contribution is 5.39. The van der Waals surface area contributed by atoms with Gasteiger partial charge >= 0.3 is 6.18 Å². The van der Waals surface area contributed by atoms with Gasteiger partial charge in [-0.05, 0) is 73.9 Å². The van der Waals surface area contributed by atoms with Crippen molar-refractivity contribution in [1.82, 2.24) is 0 Å². The number of aryl methyl sites for hydroxylation is 3. The molecule has 7 heteroatoms. The number of benzene rings is 2. The molecule has 2 rings (SSSR count). The lowest BCUT2D eigenvalue weighted by Crippen LogP contribution is -2.47. The van der Waals surface area contributed by atoms with Gasteiger partial charge < -0.3 is 20.7 Å². The lowest BCUT2D eigenvalue weighted by atomic mass is 9.93. The van der Waals surface area contributed by atoms with Crippen molar-refractivity contribution in [2.75, 3.05) is 19.8 Å². The Morgan fingerprint density at radius 2 is 1.70 bits per heavy atom. The first kappa shape index (κ1) is 24.2. The van der Waals surface area contributed by atoms with E-state index in [9.17, 15) is 23.4 Å². The van der Waals surface area contributed by atoms with E-state index in [2.05, 4.69) is 0 Å². The molecule has 0 spiro atoms. The lowest BCUT2D eigenvalue weighted by Gasteiger charge is -2.24. The molecule has 0 aliphatic carbocycles. The second-order valence-corrected chi connectivity index (χ2v) is 7.82. The topological polar surface area (TPSA) is 75.7 Å². The summed E-state index contributed by atoms with van der Waals surface area (Å²) in [5.41, 5.74) is 7.72. The van der Waals surface area contributed by atoms with Crippen molar-refractivity contribution < 1.29 is 28.1 Å². The molecule has 0 saturated carbocycles. The van der Waals surface area contributed by atoms with Gasteiger partial charge in [0.1, 0.15) is 5.75 Å². The third-order valence-electron chi connectivity index (χ3n) is 5.46. The maximum Gasteiger partial charge on any atom is 0.419 e. The van der Waals surface area contributed by atoms with E-state index in [1.54, 1.807) is 6.07 Å². The third-order valence-corrected chi connectivity index (χ3v) is 5.46. The van der Waals surface area contributed by atoms with Gasteiger partial charge in [-0.3, -0.25) is 0 Å². The minimum Gasteiger partial charge on any atom is -0.493 e. The molecule has 0 atom stereocenters. The average Bonchev–Trinajstić information content (AvgIpc) is 2.72. The Bertz CT molecular complexity index is 833. The Morgan fingerprint density at radius 3 is 2.33 bits per heavy atom. The van der Waals surface area contributed by atoms with Crippen LogP contribution in [0.25, 0.3) is 0 Å². The Hall–Kier alpha value is -2.09. The number of hydrogen-bond acceptors (Lipinski definition) is 4. The van der Waals surface area contributed by atoms with Gasteiger partial charge in [-0.1, -0.05) is 24.3 Å². The van der Waals surface area contributed by atoms with Gasteiger partial charge in [-0.25, -0.2) is 0 Å². The van der Waals surface area contributed by atoms with Crippen LogP contribution in [0, 0.1) is 13.8 Å². The van der Waals surface area contributed by atoms with Gasteiger partial charge in [0.15, 0.2) is 0 Å². The molecule has 2 aromatic carbocycles. The molecule has 4 nitrogen and oxygen atoms in total. The summed E-state index contributed by atoms with van der Waals surface area (Å²) >= 11 is 0. The fraction of sp³-hybridized carbons (Fsp3) is 0.478. The van der Waals surface area contributed by atoms with Crippen molar-refractivity contribution in [2.24, 2.45) is 5.73 Å². The van der Waals surface area contributed by atoms with Crippen LogP contribution in [0.2, 0.25) is 0 Å². The number of halogens is 3. The molecule has 30 heavy (non-hydrogen) atoms. The van der Waals surface area contributed by atoms with Crippen LogP contribution < -0.4 is 10.5 Å². The van der Waals surface area contributed by atoms with Crippen molar-refractivity contribution >= 4 is 0 Å². The smallest absolute Gasteiger partial charge is 0.419 e. The van der Waals surface area contributed by atoms with E-state index in [0.29, 0.717) is 12.0 Å². The number of nitrogens with two attached hydrogens (primary N) is 1. The highest BCUT2D eigenvalue weighted by Crippen LogP contribution is 2.37. The SMILES string of the molecule is Cc1cccc(CCCOc2ccc(CCC(N)(CO)CO)cc2C(F)(F)F)c1C. The monoisotopic (exact) mass is 425 g/mol. The van der Waals surface area contributed by atoms with Crippen LogP contribution in [0.5, 0.6) is 5.75 Å². The molecule has 0 unspecified atom stereocenters. The number of ether oxygens (including phenoxy) is 1. The summed E-state index contributed by atoms with van der Waals surface area (Å²) in [7, 11) is 0. The van der Waals surface area contributed by atoms with Crippen LogP contribution in [-0.2, 0) is 19.0 Å². The summed E-state index contributed by atoms with van der Waals surface area (Å²) in [6.45, 7) is 3.35. The molecule has 0 fully saturated rings. The molecular formula is C23H30F3NO3. The van der Waals surface area contributed by atoms with Crippen LogP contribution in [0.15, 0.2) is 36.4 Å². The van der Waals surface area contributed by atoms with Crippen molar-refractivity contribution in [1.29, 1.82) is 0 Å². The van der Waals surface area contributed by atoms with Gasteiger partial charge in [-0.15, -0.1) is 0 Å². The molecule has 0 amide bonds. The van der Waals surface area contributed by atoms with Crippen LogP contribution in [0.4, 0.5) is 13.2 Å². The molecule has 2 aromatic rings. The normalized spacial score (nSPS) is 12.3. The summed E-state index contributed by atoms with van der Waals surface area (Å²) in [5, 5.41) is 18.5. The van der Waals surface area contributed by atoms with E-state index < -0.39 is 30.5 Å².